The summed E-state index contributed by atoms with van der Waals surface area (Å²) in [6, 6.07) is 0. The van der Waals surface area contributed by atoms with Crippen molar-refractivity contribution >= 4 is 20.9 Å². The molecular weight excluding hydrogens is 152 g/mol. The third kappa shape index (κ3) is 2.05. The first-order chi connectivity index (χ1) is 4.33. The molecule has 0 aliphatic carbocycles. The van der Waals surface area contributed by atoms with Gasteiger partial charge in [0.05, 0.1) is 0 Å². The largest absolute Gasteiger partial charge is 0.296 e. The van der Waals surface area contributed by atoms with Crippen LogP contribution in [0.25, 0.3) is 0 Å². The molecule has 3 heteroatoms. The first-order valence-electron chi connectivity index (χ1n) is 2.84. The molecule has 9 heavy (non-hydrogen) atoms. The van der Waals surface area contributed by atoms with E-state index >= 15 is 0 Å². The van der Waals surface area contributed by atoms with Crippen LogP contribution in [0.5, 0.6) is 0 Å². The fourth-order valence-corrected chi connectivity index (χ4v) is 2.27. The summed E-state index contributed by atoms with van der Waals surface area (Å²) in [5, 5.41) is 0. The van der Waals surface area contributed by atoms with Gasteiger partial charge in [-0.3, -0.25) is 4.18 Å². The zero-order valence-electron chi connectivity index (χ0n) is 5.00. The van der Waals surface area contributed by atoms with E-state index in [-0.39, 0.29) is 15.8 Å². The highest BCUT2D eigenvalue weighted by Crippen LogP contribution is 2.11. The standard InChI is InChI=1S/C6H8OS2/c1-2-6-4-3-5-9(8)7-6/h1,6H,3-5H2. The first-order valence-corrected chi connectivity index (χ1v) is 5.09. The maximum Gasteiger partial charge on any atom is 0.132 e. The molecule has 0 aromatic rings. The molecule has 50 valence electrons. The third-order valence-electron chi connectivity index (χ3n) is 1.19. The zero-order valence-corrected chi connectivity index (χ0v) is 6.63. The van der Waals surface area contributed by atoms with Gasteiger partial charge in [0, 0.05) is 15.5 Å². The summed E-state index contributed by atoms with van der Waals surface area (Å²) < 4.78 is 5.24. The Morgan fingerprint density at radius 1 is 1.78 bits per heavy atom. The van der Waals surface area contributed by atoms with Crippen molar-refractivity contribution in [2.24, 2.45) is 0 Å². The minimum atomic E-state index is -0.279. The quantitative estimate of drug-likeness (QED) is 0.485. The van der Waals surface area contributed by atoms with Crippen LogP contribution in [0, 0.1) is 12.3 Å². The molecule has 0 saturated carbocycles. The second-order valence-corrected chi connectivity index (χ2v) is 4.23. The van der Waals surface area contributed by atoms with Crippen LogP contribution in [0.4, 0.5) is 0 Å². The molecule has 1 aliphatic rings. The van der Waals surface area contributed by atoms with Gasteiger partial charge in [0.25, 0.3) is 0 Å². The Morgan fingerprint density at radius 2 is 2.56 bits per heavy atom. The molecule has 1 fully saturated rings. The van der Waals surface area contributed by atoms with Gasteiger partial charge in [0.2, 0.25) is 0 Å². The van der Waals surface area contributed by atoms with Gasteiger partial charge in [-0.2, -0.15) is 0 Å². The summed E-state index contributed by atoms with van der Waals surface area (Å²) in [6.45, 7) is 0. The molecule has 1 saturated heterocycles. The second-order valence-electron chi connectivity index (χ2n) is 1.90. The molecule has 1 aliphatic heterocycles. The second kappa shape index (κ2) is 3.31. The van der Waals surface area contributed by atoms with E-state index in [2.05, 4.69) is 5.92 Å². The highest BCUT2D eigenvalue weighted by molar-refractivity contribution is 8.26. The van der Waals surface area contributed by atoms with E-state index in [1.165, 1.54) is 0 Å². The lowest BCUT2D eigenvalue weighted by molar-refractivity contribution is 0.273. The van der Waals surface area contributed by atoms with E-state index in [1.807, 2.05) is 0 Å². The lowest BCUT2D eigenvalue weighted by Gasteiger charge is -2.17. The Hall–Kier alpha value is 0.0900. The van der Waals surface area contributed by atoms with Gasteiger partial charge in [-0.25, -0.2) is 0 Å². The van der Waals surface area contributed by atoms with Gasteiger partial charge >= 0.3 is 0 Å². The van der Waals surface area contributed by atoms with Gasteiger partial charge in [-0.15, -0.1) is 6.42 Å². The van der Waals surface area contributed by atoms with E-state index in [9.17, 15) is 0 Å². The van der Waals surface area contributed by atoms with Gasteiger partial charge in [0.15, 0.2) is 0 Å². The maximum atomic E-state index is 5.24. The molecule has 0 aromatic heterocycles. The van der Waals surface area contributed by atoms with Crippen LogP contribution in [0.2, 0.25) is 0 Å². The number of rotatable bonds is 0. The minimum Gasteiger partial charge on any atom is -0.296 e. The molecule has 0 bridgehead atoms. The van der Waals surface area contributed by atoms with Gasteiger partial charge in [-0.05, 0) is 24.0 Å². The lowest BCUT2D eigenvalue weighted by Crippen LogP contribution is -2.19. The summed E-state index contributed by atoms with van der Waals surface area (Å²) in [5.74, 6) is 3.56. The predicted molar refractivity (Wildman–Crippen MR) is 42.5 cm³/mol. The van der Waals surface area contributed by atoms with Crippen molar-refractivity contribution in [2.45, 2.75) is 18.9 Å². The molecule has 0 N–H and O–H groups in total. The Morgan fingerprint density at radius 3 is 3.00 bits per heavy atom. The van der Waals surface area contributed by atoms with Crippen molar-refractivity contribution in [3.05, 3.63) is 0 Å². The fraction of sp³-hybridized carbons (Fsp3) is 0.667. The molecule has 2 atom stereocenters. The Bertz CT molecular complexity index is 159. The van der Waals surface area contributed by atoms with Crippen LogP contribution in [0.15, 0.2) is 0 Å². The topological polar surface area (TPSA) is 9.23 Å². The lowest BCUT2D eigenvalue weighted by atomic mass is 10.2. The summed E-state index contributed by atoms with van der Waals surface area (Å²) in [4.78, 5) is 0. The molecule has 2 unspecified atom stereocenters. The van der Waals surface area contributed by atoms with E-state index in [1.54, 1.807) is 0 Å². The summed E-state index contributed by atoms with van der Waals surface area (Å²) in [6.07, 6.45) is 7.26. The normalized spacial score (nSPS) is 35.4. The van der Waals surface area contributed by atoms with Crippen molar-refractivity contribution in [1.29, 1.82) is 0 Å². The Kier molecular flexibility index (Phi) is 2.65. The molecule has 0 amide bonds. The van der Waals surface area contributed by atoms with Crippen molar-refractivity contribution in [1.82, 2.24) is 0 Å². The van der Waals surface area contributed by atoms with Gasteiger partial charge < -0.3 is 0 Å². The van der Waals surface area contributed by atoms with Crippen LogP contribution in [-0.4, -0.2) is 11.9 Å². The van der Waals surface area contributed by atoms with E-state index in [4.69, 9.17) is 21.8 Å². The van der Waals surface area contributed by atoms with E-state index in [0.29, 0.717) is 0 Å². The van der Waals surface area contributed by atoms with E-state index < -0.39 is 0 Å². The highest BCUT2D eigenvalue weighted by atomic mass is 32.8. The van der Waals surface area contributed by atoms with Crippen molar-refractivity contribution < 1.29 is 4.18 Å². The molecule has 1 nitrogen and oxygen atoms in total. The third-order valence-corrected chi connectivity index (χ3v) is 2.99. The van der Waals surface area contributed by atoms with Gasteiger partial charge in [-0.1, -0.05) is 5.92 Å². The molecule has 0 radical (unpaired) electrons. The van der Waals surface area contributed by atoms with E-state index in [0.717, 1.165) is 18.6 Å². The Labute approximate surface area is 62.6 Å². The van der Waals surface area contributed by atoms with Crippen molar-refractivity contribution in [3.8, 4) is 12.3 Å². The average Bonchev–Trinajstić information content (AvgIpc) is 1.88. The van der Waals surface area contributed by atoms with Crippen molar-refractivity contribution in [2.75, 3.05) is 5.75 Å². The maximum absolute atomic E-state index is 5.24. The van der Waals surface area contributed by atoms with Crippen molar-refractivity contribution in [3.63, 3.8) is 0 Å². The minimum absolute atomic E-state index is 0.000386. The SMILES string of the molecule is C#CC1CCCS(=S)O1. The highest BCUT2D eigenvalue weighted by Gasteiger charge is 2.13. The number of hydrogen-bond donors (Lipinski definition) is 0. The van der Waals surface area contributed by atoms with Crippen LogP contribution in [0.3, 0.4) is 0 Å². The molecule has 1 rings (SSSR count). The molecular formula is C6H8OS2. The van der Waals surface area contributed by atoms with Gasteiger partial charge in [0.1, 0.15) is 6.10 Å². The summed E-state index contributed by atoms with van der Waals surface area (Å²) in [7, 11) is -0.279. The van der Waals surface area contributed by atoms with Crippen LogP contribution in [0.1, 0.15) is 12.8 Å². The number of hydrogen-bond acceptors (Lipinski definition) is 2. The van der Waals surface area contributed by atoms with Crippen LogP contribution < -0.4 is 0 Å². The smallest absolute Gasteiger partial charge is 0.132 e. The molecule has 0 aromatic carbocycles. The molecule has 1 heterocycles. The summed E-state index contributed by atoms with van der Waals surface area (Å²) in [5.41, 5.74) is 0. The predicted octanol–water partition coefficient (Wildman–Crippen LogP) is 0.794. The van der Waals surface area contributed by atoms with Crippen LogP contribution >= 0.6 is 0 Å². The first kappa shape index (κ1) is 7.20. The monoisotopic (exact) mass is 160 g/mol. The fourth-order valence-electron chi connectivity index (χ4n) is 0.723. The number of terminal acetylenes is 1. The summed E-state index contributed by atoms with van der Waals surface area (Å²) >= 11 is 4.94. The average molecular weight is 160 g/mol. The molecule has 0 spiro atoms. The zero-order chi connectivity index (χ0) is 6.69. The van der Waals surface area contributed by atoms with Crippen LogP contribution in [-0.2, 0) is 25.1 Å². The Balaban J connectivity index is 2.43.